The lowest BCUT2D eigenvalue weighted by molar-refractivity contribution is 0.0746. The number of fused-ring (bicyclic) bond motifs is 3. The molecule has 1 aliphatic heterocycles. The summed E-state index contributed by atoms with van der Waals surface area (Å²) in [6.45, 7) is 10.0. The molecule has 1 amide bonds. The Kier molecular flexibility index (Phi) is 9.53. The molecule has 0 spiro atoms. The molecule has 3 rings (SSSR count). The van der Waals surface area contributed by atoms with E-state index in [2.05, 4.69) is 48.3 Å². The Bertz CT molecular complexity index is 869. The van der Waals surface area contributed by atoms with Gasteiger partial charge in [-0.25, -0.2) is 0 Å². The number of nitrogens with one attached hydrogen (secondary N) is 1. The van der Waals surface area contributed by atoms with Crippen LogP contribution in [0.3, 0.4) is 0 Å². The van der Waals surface area contributed by atoms with Gasteiger partial charge < -0.3 is 19.5 Å². The summed E-state index contributed by atoms with van der Waals surface area (Å²) in [4.78, 5) is 15.0. The van der Waals surface area contributed by atoms with Gasteiger partial charge in [0, 0.05) is 45.3 Å². The fourth-order valence-corrected chi connectivity index (χ4v) is 3.94. The third kappa shape index (κ3) is 7.62. The van der Waals surface area contributed by atoms with E-state index in [1.807, 2.05) is 18.2 Å². The number of nitrogens with zero attached hydrogens (tertiary/aromatic N) is 1. The largest absolute Gasteiger partial charge is 0.491 e. The number of carbonyl (C=O) groups is 1. The van der Waals surface area contributed by atoms with Crippen LogP contribution >= 0.6 is 0 Å². The van der Waals surface area contributed by atoms with Crippen LogP contribution in [-0.2, 0) is 22.4 Å². The SMILES string of the molecule is COCCNC(=O)c1ccc2c(c1)Cc1cccc(c1)CN(CC(C)C)CCOCCO2. The summed E-state index contributed by atoms with van der Waals surface area (Å²) in [7, 11) is 1.62. The average molecular weight is 441 g/mol. The Morgan fingerprint density at radius 2 is 1.97 bits per heavy atom. The van der Waals surface area contributed by atoms with E-state index in [1.165, 1.54) is 11.1 Å². The van der Waals surface area contributed by atoms with Gasteiger partial charge in [-0.05, 0) is 40.8 Å². The number of carbonyl (C=O) groups excluding carboxylic acids is 1. The van der Waals surface area contributed by atoms with E-state index in [4.69, 9.17) is 14.2 Å². The Hall–Kier alpha value is -2.41. The Morgan fingerprint density at radius 1 is 1.12 bits per heavy atom. The van der Waals surface area contributed by atoms with Gasteiger partial charge in [0.2, 0.25) is 0 Å². The van der Waals surface area contributed by atoms with Gasteiger partial charge in [0.25, 0.3) is 5.91 Å². The minimum atomic E-state index is -0.106. The van der Waals surface area contributed by atoms with Crippen LogP contribution < -0.4 is 10.1 Å². The van der Waals surface area contributed by atoms with Crippen molar-refractivity contribution in [3.8, 4) is 5.75 Å². The van der Waals surface area contributed by atoms with E-state index in [9.17, 15) is 4.79 Å². The third-order valence-electron chi connectivity index (χ3n) is 5.37. The molecule has 174 valence electrons. The highest BCUT2D eigenvalue weighted by Gasteiger charge is 2.14. The zero-order valence-electron chi connectivity index (χ0n) is 19.6. The van der Waals surface area contributed by atoms with E-state index in [0.29, 0.717) is 50.9 Å². The molecule has 6 heteroatoms. The Labute approximate surface area is 191 Å². The molecule has 2 bridgehead atoms. The molecule has 0 aliphatic carbocycles. The van der Waals surface area contributed by atoms with Crippen molar-refractivity contribution in [3.63, 3.8) is 0 Å². The molecule has 0 unspecified atom stereocenters. The maximum absolute atomic E-state index is 12.5. The second-order valence-electron chi connectivity index (χ2n) is 8.66. The summed E-state index contributed by atoms with van der Waals surface area (Å²) in [6.07, 6.45) is 0.702. The highest BCUT2D eigenvalue weighted by atomic mass is 16.5. The Morgan fingerprint density at radius 3 is 2.78 bits per heavy atom. The van der Waals surface area contributed by atoms with Crippen LogP contribution in [0.2, 0.25) is 0 Å². The summed E-state index contributed by atoms with van der Waals surface area (Å²) < 4.78 is 16.9. The number of benzene rings is 2. The number of amides is 1. The van der Waals surface area contributed by atoms with E-state index in [0.717, 1.165) is 30.9 Å². The maximum Gasteiger partial charge on any atom is 0.251 e. The van der Waals surface area contributed by atoms with Gasteiger partial charge in [0.1, 0.15) is 12.4 Å². The van der Waals surface area contributed by atoms with Gasteiger partial charge in [-0.1, -0.05) is 38.1 Å². The first kappa shape index (κ1) is 24.2. The van der Waals surface area contributed by atoms with Crippen LogP contribution in [0.1, 0.15) is 40.9 Å². The minimum absolute atomic E-state index is 0.106. The molecule has 2 aromatic carbocycles. The molecular weight excluding hydrogens is 404 g/mol. The number of hydrogen-bond acceptors (Lipinski definition) is 5. The number of hydrogen-bond donors (Lipinski definition) is 1. The van der Waals surface area contributed by atoms with E-state index in [1.54, 1.807) is 7.11 Å². The van der Waals surface area contributed by atoms with Crippen molar-refractivity contribution in [3.05, 3.63) is 64.7 Å². The van der Waals surface area contributed by atoms with Gasteiger partial charge in [-0.15, -0.1) is 0 Å². The molecule has 0 atom stereocenters. The van der Waals surface area contributed by atoms with Crippen LogP contribution in [0.4, 0.5) is 0 Å². The molecule has 32 heavy (non-hydrogen) atoms. The second-order valence-corrected chi connectivity index (χ2v) is 8.66. The highest BCUT2D eigenvalue weighted by Crippen LogP contribution is 2.24. The third-order valence-corrected chi connectivity index (χ3v) is 5.37. The first-order valence-corrected chi connectivity index (χ1v) is 11.5. The lowest BCUT2D eigenvalue weighted by Gasteiger charge is -2.25. The van der Waals surface area contributed by atoms with Gasteiger partial charge in [0.05, 0.1) is 19.8 Å². The molecule has 1 heterocycles. The number of ether oxygens (including phenoxy) is 3. The molecule has 1 N–H and O–H groups in total. The molecule has 1 aliphatic rings. The average Bonchev–Trinajstić information content (AvgIpc) is 2.76. The van der Waals surface area contributed by atoms with Gasteiger partial charge in [0.15, 0.2) is 0 Å². The number of rotatable bonds is 6. The van der Waals surface area contributed by atoms with Crippen LogP contribution in [0, 0.1) is 5.92 Å². The van der Waals surface area contributed by atoms with E-state index < -0.39 is 0 Å². The van der Waals surface area contributed by atoms with Crippen molar-refractivity contribution < 1.29 is 19.0 Å². The zero-order chi connectivity index (χ0) is 22.8. The smallest absolute Gasteiger partial charge is 0.251 e. The summed E-state index contributed by atoms with van der Waals surface area (Å²) in [5.41, 5.74) is 4.12. The molecule has 2 aromatic rings. The lowest BCUT2D eigenvalue weighted by atomic mass is 9.99. The molecule has 0 fully saturated rings. The van der Waals surface area contributed by atoms with Gasteiger partial charge in [-0.3, -0.25) is 9.69 Å². The highest BCUT2D eigenvalue weighted by molar-refractivity contribution is 5.94. The van der Waals surface area contributed by atoms with Crippen molar-refractivity contribution in [1.29, 1.82) is 0 Å². The summed E-state index contributed by atoms with van der Waals surface area (Å²) >= 11 is 0. The van der Waals surface area contributed by atoms with Gasteiger partial charge >= 0.3 is 0 Å². The van der Waals surface area contributed by atoms with Gasteiger partial charge in [-0.2, -0.15) is 0 Å². The topological polar surface area (TPSA) is 60.0 Å². The van der Waals surface area contributed by atoms with Crippen LogP contribution in [0.15, 0.2) is 42.5 Å². The van der Waals surface area contributed by atoms with Crippen LogP contribution in [0.5, 0.6) is 5.75 Å². The van der Waals surface area contributed by atoms with Crippen LogP contribution in [0.25, 0.3) is 0 Å². The molecule has 0 saturated heterocycles. The maximum atomic E-state index is 12.5. The molecule has 6 nitrogen and oxygen atoms in total. The predicted molar refractivity (Wildman–Crippen MR) is 126 cm³/mol. The molecular formula is C26H36N2O4. The molecule has 0 aromatic heterocycles. The van der Waals surface area contributed by atoms with Crippen LogP contribution in [-0.4, -0.2) is 64.0 Å². The Balaban J connectivity index is 1.84. The normalized spacial score (nSPS) is 15.5. The first-order chi connectivity index (χ1) is 15.5. The van der Waals surface area contributed by atoms with Crippen molar-refractivity contribution in [2.24, 2.45) is 5.92 Å². The fraction of sp³-hybridized carbons (Fsp3) is 0.500. The predicted octanol–water partition coefficient (Wildman–Crippen LogP) is 3.52. The summed E-state index contributed by atoms with van der Waals surface area (Å²) in [6, 6.07) is 14.3. The minimum Gasteiger partial charge on any atom is -0.491 e. The van der Waals surface area contributed by atoms with Crippen molar-refractivity contribution >= 4 is 5.91 Å². The number of methoxy groups -OCH3 is 1. The second kappa shape index (κ2) is 12.6. The summed E-state index contributed by atoms with van der Waals surface area (Å²) in [5, 5.41) is 2.89. The van der Waals surface area contributed by atoms with E-state index >= 15 is 0 Å². The first-order valence-electron chi connectivity index (χ1n) is 11.5. The molecule has 0 saturated carbocycles. The van der Waals surface area contributed by atoms with Crippen molar-refractivity contribution in [2.45, 2.75) is 26.8 Å². The standard InChI is InChI=1S/C26H36N2O4/c1-20(2)18-28-10-12-31-13-14-32-25-8-7-23(26(29)27-9-11-30-3)17-24(25)16-21-5-4-6-22(15-21)19-28/h4-8,15,17,20H,9-14,16,18-19H2,1-3H3,(H,27,29). The zero-order valence-corrected chi connectivity index (χ0v) is 19.6. The monoisotopic (exact) mass is 440 g/mol. The van der Waals surface area contributed by atoms with Crippen molar-refractivity contribution in [1.82, 2.24) is 10.2 Å². The quantitative estimate of drug-likeness (QED) is 0.697. The fourth-order valence-electron chi connectivity index (χ4n) is 3.94. The summed E-state index contributed by atoms with van der Waals surface area (Å²) in [5.74, 6) is 1.29. The lowest BCUT2D eigenvalue weighted by Crippen LogP contribution is -2.31. The molecule has 0 radical (unpaired) electrons. The van der Waals surface area contributed by atoms with E-state index in [-0.39, 0.29) is 5.91 Å². The van der Waals surface area contributed by atoms with Crippen molar-refractivity contribution in [2.75, 3.05) is 53.2 Å².